The Hall–Kier alpha value is -0.355. The van der Waals surface area contributed by atoms with Crippen molar-refractivity contribution in [2.24, 2.45) is 0 Å². The second-order valence-electron chi connectivity index (χ2n) is 4.00. The van der Waals surface area contributed by atoms with Crippen LogP contribution in [0.2, 0.25) is 0 Å². The average Bonchev–Trinajstić information content (AvgIpc) is 2.86. The number of hydrogen-bond donors (Lipinski definition) is 5. The molecule has 0 aliphatic carbocycles. The first kappa shape index (κ1) is 16.7. The van der Waals surface area contributed by atoms with Gasteiger partial charge in [-0.1, -0.05) is 11.8 Å². The van der Waals surface area contributed by atoms with E-state index < -0.39 is 44.7 Å². The summed E-state index contributed by atoms with van der Waals surface area (Å²) in [5, 5.41) is 39.3. The van der Waals surface area contributed by atoms with Gasteiger partial charge in [0.2, 0.25) is 0 Å². The van der Waals surface area contributed by atoms with Gasteiger partial charge in [0.25, 0.3) is 5.24 Å². The molecule has 0 aromatic carbocycles. The van der Waals surface area contributed by atoms with Crippen LogP contribution in [-0.4, -0.2) is 83.1 Å². The summed E-state index contributed by atoms with van der Waals surface area (Å²) < 4.78 is 10.6. The van der Waals surface area contributed by atoms with Gasteiger partial charge in [-0.15, -0.1) is 0 Å². The molecule has 5 N–H and O–H groups in total. The first-order valence-electron chi connectivity index (χ1n) is 5.74. The molecule has 1 fully saturated rings. The van der Waals surface area contributed by atoms with E-state index in [0.717, 1.165) is 11.8 Å². The van der Waals surface area contributed by atoms with E-state index in [4.69, 9.17) is 19.5 Å². The molecule has 0 radical (unpaired) electrons. The Balaban J connectivity index is 2.52. The molecule has 19 heavy (non-hydrogen) atoms. The molecule has 0 saturated carbocycles. The van der Waals surface area contributed by atoms with Crippen molar-refractivity contribution < 1.29 is 34.5 Å². The van der Waals surface area contributed by atoms with E-state index in [1.54, 1.807) is 6.26 Å². The summed E-state index contributed by atoms with van der Waals surface area (Å²) >= 11 is 0.997. The van der Waals surface area contributed by atoms with Gasteiger partial charge >= 0.3 is 7.12 Å². The molecule has 1 aliphatic rings. The molecule has 0 spiro atoms. The van der Waals surface area contributed by atoms with Crippen LogP contribution in [0.15, 0.2) is 0 Å². The zero-order chi connectivity index (χ0) is 14.4. The van der Waals surface area contributed by atoms with Gasteiger partial charge in [-0.25, -0.2) is 0 Å². The summed E-state index contributed by atoms with van der Waals surface area (Å²) in [4.78, 5) is 11.1. The van der Waals surface area contributed by atoms with Gasteiger partial charge in [0, 0.05) is 0 Å². The molecule has 1 saturated heterocycles. The topological polar surface area (TPSA) is 128 Å². The second kappa shape index (κ2) is 8.05. The summed E-state index contributed by atoms with van der Waals surface area (Å²) in [7, 11) is -0.821. The lowest BCUT2D eigenvalue weighted by atomic mass is 9.91. The molecule has 0 aromatic rings. The van der Waals surface area contributed by atoms with Crippen molar-refractivity contribution in [1.82, 2.24) is 5.32 Å². The lowest BCUT2D eigenvalue weighted by molar-refractivity contribution is -0.0810. The van der Waals surface area contributed by atoms with E-state index in [9.17, 15) is 15.0 Å². The van der Waals surface area contributed by atoms with Crippen molar-refractivity contribution in [3.8, 4) is 0 Å². The summed E-state index contributed by atoms with van der Waals surface area (Å²) in [5.41, 5.74) is 0. The fraction of sp³-hybridized carbons (Fsp3) is 0.889. The number of carbonyl (C=O) groups excluding carboxylic acids is 1. The minimum absolute atomic E-state index is 0.0641. The minimum Gasteiger partial charge on any atom is -0.402 e. The van der Waals surface area contributed by atoms with Crippen molar-refractivity contribution in [2.45, 2.75) is 24.4 Å². The molecule has 0 aromatic heterocycles. The Morgan fingerprint density at radius 2 is 2.11 bits per heavy atom. The average molecular weight is 295 g/mol. The maximum atomic E-state index is 11.1. The predicted octanol–water partition coefficient (Wildman–Crippen LogP) is -2.42. The summed E-state index contributed by atoms with van der Waals surface area (Å²) in [5.74, 6) is 0. The highest BCUT2D eigenvalue weighted by atomic mass is 32.2. The minimum atomic E-state index is -1.39. The van der Waals surface area contributed by atoms with Crippen molar-refractivity contribution >= 4 is 24.1 Å². The van der Waals surface area contributed by atoms with Gasteiger partial charge in [0.1, 0.15) is 12.2 Å². The highest BCUT2D eigenvalue weighted by Gasteiger charge is 2.44. The van der Waals surface area contributed by atoms with Crippen LogP contribution < -0.4 is 5.32 Å². The monoisotopic (exact) mass is 295 g/mol. The van der Waals surface area contributed by atoms with Gasteiger partial charge in [0.05, 0.1) is 31.9 Å². The Kier molecular flexibility index (Phi) is 7.07. The SMILES string of the molecule is CSC(=O)NCB1OC(CO)C(C(O)C(O)CO)O1. The maximum Gasteiger partial charge on any atom is 0.478 e. The van der Waals surface area contributed by atoms with Crippen LogP contribution in [0.4, 0.5) is 4.79 Å². The second-order valence-corrected chi connectivity index (χ2v) is 4.78. The third-order valence-corrected chi connectivity index (χ3v) is 3.21. The lowest BCUT2D eigenvalue weighted by Gasteiger charge is -2.25. The zero-order valence-electron chi connectivity index (χ0n) is 10.4. The molecule has 1 amide bonds. The molecule has 8 nitrogen and oxygen atoms in total. The maximum absolute atomic E-state index is 11.1. The Morgan fingerprint density at radius 1 is 1.42 bits per heavy atom. The molecule has 4 atom stereocenters. The van der Waals surface area contributed by atoms with E-state index in [-0.39, 0.29) is 11.7 Å². The molecule has 1 heterocycles. The fourth-order valence-electron chi connectivity index (χ4n) is 1.68. The molecule has 10 heteroatoms. The van der Waals surface area contributed by atoms with Crippen molar-refractivity contribution in [3.05, 3.63) is 0 Å². The van der Waals surface area contributed by atoms with Crippen LogP contribution in [0.3, 0.4) is 0 Å². The first-order chi connectivity index (χ1) is 9.03. The molecule has 1 rings (SSSR count). The van der Waals surface area contributed by atoms with Gasteiger partial charge in [-0.2, -0.15) is 0 Å². The van der Waals surface area contributed by atoms with Crippen LogP contribution in [0.25, 0.3) is 0 Å². The third kappa shape index (κ3) is 4.60. The van der Waals surface area contributed by atoms with Crippen molar-refractivity contribution in [1.29, 1.82) is 0 Å². The molecule has 0 bridgehead atoms. The number of amides is 1. The van der Waals surface area contributed by atoms with Crippen molar-refractivity contribution in [3.63, 3.8) is 0 Å². The highest BCUT2D eigenvalue weighted by Crippen LogP contribution is 2.21. The zero-order valence-corrected chi connectivity index (χ0v) is 11.2. The summed E-state index contributed by atoms with van der Waals surface area (Å²) in [6.07, 6.45) is -2.89. The Labute approximate surface area is 115 Å². The first-order valence-corrected chi connectivity index (χ1v) is 6.96. The smallest absolute Gasteiger partial charge is 0.402 e. The van der Waals surface area contributed by atoms with Crippen LogP contribution in [0.5, 0.6) is 0 Å². The standard InChI is InChI=1S/C9H18BNO7S/c1-19-9(16)11-4-10-17-6(3-13)8(18-10)7(15)5(14)2-12/h5-8,12-15H,2-4H2,1H3,(H,11,16). The lowest BCUT2D eigenvalue weighted by Crippen LogP contribution is -2.45. The summed E-state index contributed by atoms with van der Waals surface area (Å²) in [6, 6.07) is 0. The molecular weight excluding hydrogens is 277 g/mol. The van der Waals surface area contributed by atoms with Gasteiger partial charge in [0.15, 0.2) is 0 Å². The van der Waals surface area contributed by atoms with Crippen LogP contribution in [0.1, 0.15) is 0 Å². The number of aliphatic hydroxyl groups excluding tert-OH is 4. The number of rotatable bonds is 6. The van der Waals surface area contributed by atoms with Gasteiger partial charge < -0.3 is 35.1 Å². The van der Waals surface area contributed by atoms with E-state index in [0.29, 0.717) is 0 Å². The van der Waals surface area contributed by atoms with Crippen molar-refractivity contribution in [2.75, 3.05) is 25.9 Å². The third-order valence-electron chi connectivity index (χ3n) is 2.70. The van der Waals surface area contributed by atoms with E-state index >= 15 is 0 Å². The van der Waals surface area contributed by atoms with Gasteiger partial charge in [-0.3, -0.25) is 4.79 Å². The largest absolute Gasteiger partial charge is 0.478 e. The van der Waals surface area contributed by atoms with E-state index in [2.05, 4.69) is 5.32 Å². The quantitative estimate of drug-likeness (QED) is 0.342. The highest BCUT2D eigenvalue weighted by molar-refractivity contribution is 8.12. The van der Waals surface area contributed by atoms with Crippen LogP contribution in [-0.2, 0) is 9.31 Å². The summed E-state index contributed by atoms with van der Waals surface area (Å²) in [6.45, 7) is -1.04. The predicted molar refractivity (Wildman–Crippen MR) is 68.6 cm³/mol. The Morgan fingerprint density at radius 3 is 2.63 bits per heavy atom. The Bertz CT molecular complexity index is 298. The number of thioether (sulfide) groups is 1. The molecule has 4 unspecified atom stereocenters. The van der Waals surface area contributed by atoms with Crippen LogP contribution >= 0.6 is 11.8 Å². The number of nitrogens with one attached hydrogen (secondary N) is 1. The van der Waals surface area contributed by atoms with Crippen LogP contribution in [0, 0.1) is 0 Å². The number of hydrogen-bond acceptors (Lipinski definition) is 8. The van der Waals surface area contributed by atoms with E-state index in [1.807, 2.05) is 0 Å². The number of carbonyl (C=O) groups is 1. The number of aliphatic hydroxyl groups is 4. The van der Waals surface area contributed by atoms with E-state index in [1.165, 1.54) is 0 Å². The molecular formula is C9H18BNO7S. The molecule has 1 aliphatic heterocycles. The van der Waals surface area contributed by atoms with Gasteiger partial charge in [-0.05, 0) is 6.26 Å². The fourth-order valence-corrected chi connectivity index (χ4v) is 1.90. The normalized spacial score (nSPS) is 26.3. The molecule has 110 valence electrons.